The van der Waals surface area contributed by atoms with Crippen LogP contribution in [0.3, 0.4) is 0 Å². The number of nitrogens with zero attached hydrogens (tertiary/aromatic N) is 1. The summed E-state index contributed by atoms with van der Waals surface area (Å²) in [7, 11) is -3.46. The molecule has 6 nitrogen and oxygen atoms in total. The number of likely N-dealkylation sites (tertiary alicyclic amines) is 1. The van der Waals surface area contributed by atoms with E-state index in [1.54, 1.807) is 34.5 Å². The van der Waals surface area contributed by atoms with E-state index in [1.165, 1.54) is 11.3 Å². The first kappa shape index (κ1) is 18.1. The second kappa shape index (κ2) is 7.65. The summed E-state index contributed by atoms with van der Waals surface area (Å²) in [5, 5.41) is 1.74. The number of hydrogen-bond acceptors (Lipinski definition) is 5. The van der Waals surface area contributed by atoms with Crippen molar-refractivity contribution in [2.75, 3.05) is 13.1 Å². The molecule has 1 aromatic heterocycles. The largest absolute Gasteiger partial charge is 0.339 e. The molecule has 1 saturated heterocycles. The van der Waals surface area contributed by atoms with E-state index in [0.29, 0.717) is 42.2 Å². The Morgan fingerprint density at radius 2 is 1.88 bits per heavy atom. The smallest absolute Gasteiger partial charge is 0.253 e. The highest BCUT2D eigenvalue weighted by Crippen LogP contribution is 2.19. The molecule has 3 rings (SSSR count). The topological polar surface area (TPSA) is 92.5 Å². The molecule has 1 amide bonds. The number of carbonyl (C=O) groups excluding carboxylic acids is 1. The molecule has 1 aliphatic heterocycles. The first-order valence-corrected chi connectivity index (χ1v) is 10.5. The summed E-state index contributed by atoms with van der Waals surface area (Å²) >= 11 is 1.20. The maximum atomic E-state index is 12.5. The highest BCUT2D eigenvalue weighted by Gasteiger charge is 2.27. The standard InChI is InChI=1S/C17H21N3O3S2/c18-12-13-3-5-14(6-4-13)17(21)20-9-7-15(8-10-20)19-25(22,23)16-2-1-11-24-16/h1-6,11,15,19H,7-10,12,18H2. The Kier molecular flexibility index (Phi) is 5.53. The van der Waals surface area contributed by atoms with Gasteiger partial charge in [-0.05, 0) is 42.0 Å². The van der Waals surface area contributed by atoms with Crippen molar-refractivity contribution in [1.82, 2.24) is 9.62 Å². The molecule has 1 fully saturated rings. The molecule has 0 saturated carbocycles. The van der Waals surface area contributed by atoms with E-state index in [-0.39, 0.29) is 11.9 Å². The molecule has 134 valence electrons. The zero-order valence-corrected chi connectivity index (χ0v) is 15.4. The van der Waals surface area contributed by atoms with Crippen LogP contribution in [0.1, 0.15) is 28.8 Å². The molecule has 0 radical (unpaired) electrons. The third-order valence-corrected chi connectivity index (χ3v) is 7.22. The molecule has 0 unspecified atom stereocenters. The van der Waals surface area contributed by atoms with Crippen LogP contribution in [0.15, 0.2) is 46.0 Å². The van der Waals surface area contributed by atoms with Gasteiger partial charge in [0, 0.05) is 31.2 Å². The number of sulfonamides is 1. The molecule has 25 heavy (non-hydrogen) atoms. The Morgan fingerprint density at radius 3 is 2.44 bits per heavy atom. The van der Waals surface area contributed by atoms with Crippen molar-refractivity contribution in [2.24, 2.45) is 5.73 Å². The van der Waals surface area contributed by atoms with Crippen LogP contribution in [0.5, 0.6) is 0 Å². The number of carbonyl (C=O) groups is 1. The number of rotatable bonds is 5. The van der Waals surface area contributed by atoms with Crippen LogP contribution in [0.2, 0.25) is 0 Å². The van der Waals surface area contributed by atoms with Gasteiger partial charge in [-0.25, -0.2) is 13.1 Å². The summed E-state index contributed by atoms with van der Waals surface area (Å²) in [5.41, 5.74) is 7.19. The second-order valence-electron chi connectivity index (χ2n) is 6.02. The van der Waals surface area contributed by atoms with Crippen molar-refractivity contribution in [3.05, 3.63) is 52.9 Å². The monoisotopic (exact) mass is 379 g/mol. The zero-order valence-electron chi connectivity index (χ0n) is 13.7. The van der Waals surface area contributed by atoms with E-state index < -0.39 is 10.0 Å². The van der Waals surface area contributed by atoms with Crippen LogP contribution in [0, 0.1) is 0 Å². The van der Waals surface area contributed by atoms with Crippen molar-refractivity contribution in [1.29, 1.82) is 0 Å². The average molecular weight is 380 g/mol. The predicted molar refractivity (Wildman–Crippen MR) is 97.9 cm³/mol. The molecule has 8 heteroatoms. The van der Waals surface area contributed by atoms with Gasteiger partial charge in [0.1, 0.15) is 4.21 Å². The van der Waals surface area contributed by atoms with E-state index >= 15 is 0 Å². The summed E-state index contributed by atoms with van der Waals surface area (Å²) in [4.78, 5) is 14.3. The van der Waals surface area contributed by atoms with E-state index in [9.17, 15) is 13.2 Å². The molecule has 3 N–H and O–H groups in total. The molecule has 1 aromatic carbocycles. The van der Waals surface area contributed by atoms with Crippen LogP contribution in [0.4, 0.5) is 0 Å². The van der Waals surface area contributed by atoms with E-state index in [0.717, 1.165) is 5.56 Å². The first-order valence-electron chi connectivity index (χ1n) is 8.14. The third-order valence-electron chi connectivity index (χ3n) is 4.30. The van der Waals surface area contributed by atoms with Gasteiger partial charge in [-0.15, -0.1) is 11.3 Å². The first-order chi connectivity index (χ1) is 12.0. The quantitative estimate of drug-likeness (QED) is 0.828. The minimum Gasteiger partial charge on any atom is -0.339 e. The van der Waals surface area contributed by atoms with Crippen molar-refractivity contribution < 1.29 is 13.2 Å². The van der Waals surface area contributed by atoms with Gasteiger partial charge in [-0.1, -0.05) is 18.2 Å². The second-order valence-corrected chi connectivity index (χ2v) is 8.91. The Morgan fingerprint density at radius 1 is 1.20 bits per heavy atom. The van der Waals surface area contributed by atoms with Crippen molar-refractivity contribution >= 4 is 27.3 Å². The van der Waals surface area contributed by atoms with Crippen molar-refractivity contribution in [2.45, 2.75) is 29.6 Å². The Balaban J connectivity index is 1.57. The lowest BCUT2D eigenvalue weighted by Crippen LogP contribution is -2.46. The maximum absolute atomic E-state index is 12.5. The SMILES string of the molecule is NCc1ccc(C(=O)N2CCC(NS(=O)(=O)c3cccs3)CC2)cc1. The number of benzene rings is 1. The number of nitrogens with one attached hydrogen (secondary N) is 1. The number of hydrogen-bond donors (Lipinski definition) is 2. The molecule has 0 atom stereocenters. The lowest BCUT2D eigenvalue weighted by molar-refractivity contribution is 0.0711. The van der Waals surface area contributed by atoms with Gasteiger partial charge in [0.15, 0.2) is 0 Å². The Hall–Kier alpha value is -1.74. The van der Waals surface area contributed by atoms with E-state index in [4.69, 9.17) is 5.73 Å². The fourth-order valence-electron chi connectivity index (χ4n) is 2.86. The molecule has 2 aromatic rings. The fraction of sp³-hybridized carbons (Fsp3) is 0.353. The Labute approximate surface area is 151 Å². The van der Waals surface area contributed by atoms with Crippen LogP contribution < -0.4 is 10.5 Å². The van der Waals surface area contributed by atoms with Crippen LogP contribution >= 0.6 is 11.3 Å². The van der Waals surface area contributed by atoms with Crippen LogP contribution in [-0.2, 0) is 16.6 Å². The zero-order chi connectivity index (χ0) is 17.9. The summed E-state index contributed by atoms with van der Waals surface area (Å²) in [6.45, 7) is 1.52. The molecule has 1 aliphatic rings. The van der Waals surface area contributed by atoms with E-state index in [2.05, 4.69) is 4.72 Å². The molecule has 0 bridgehead atoms. The number of amides is 1. The van der Waals surface area contributed by atoms with Gasteiger partial charge >= 0.3 is 0 Å². The lowest BCUT2D eigenvalue weighted by Gasteiger charge is -2.32. The van der Waals surface area contributed by atoms with Gasteiger partial charge in [0.25, 0.3) is 5.91 Å². The normalized spacial score (nSPS) is 16.1. The summed E-state index contributed by atoms with van der Waals surface area (Å²) < 4.78 is 27.6. The van der Waals surface area contributed by atoms with Crippen LogP contribution in [-0.4, -0.2) is 38.4 Å². The van der Waals surface area contributed by atoms with Gasteiger partial charge in [-0.2, -0.15) is 0 Å². The minimum absolute atomic E-state index is 0.0249. The predicted octanol–water partition coefficient (Wildman–Crippen LogP) is 1.79. The highest BCUT2D eigenvalue weighted by atomic mass is 32.2. The molecular weight excluding hydrogens is 358 g/mol. The third kappa shape index (κ3) is 4.27. The highest BCUT2D eigenvalue weighted by molar-refractivity contribution is 7.91. The number of nitrogens with two attached hydrogens (primary N) is 1. The summed E-state index contributed by atoms with van der Waals surface area (Å²) in [6, 6.07) is 10.5. The average Bonchev–Trinajstić information content (AvgIpc) is 3.17. The fourth-order valence-corrected chi connectivity index (χ4v) is 5.17. The lowest BCUT2D eigenvalue weighted by atomic mass is 10.0. The van der Waals surface area contributed by atoms with Gasteiger partial charge in [0.2, 0.25) is 10.0 Å². The van der Waals surface area contributed by atoms with Crippen molar-refractivity contribution in [3.63, 3.8) is 0 Å². The van der Waals surface area contributed by atoms with Gasteiger partial charge in [-0.3, -0.25) is 4.79 Å². The van der Waals surface area contributed by atoms with Gasteiger partial charge < -0.3 is 10.6 Å². The maximum Gasteiger partial charge on any atom is 0.253 e. The molecular formula is C17H21N3O3S2. The minimum atomic E-state index is -3.46. The number of thiophene rings is 1. The van der Waals surface area contributed by atoms with Crippen LogP contribution in [0.25, 0.3) is 0 Å². The molecule has 0 aliphatic carbocycles. The summed E-state index contributed by atoms with van der Waals surface area (Å²) in [6.07, 6.45) is 1.22. The summed E-state index contributed by atoms with van der Waals surface area (Å²) in [5.74, 6) is -0.0249. The van der Waals surface area contributed by atoms with E-state index in [1.807, 2.05) is 12.1 Å². The Bertz CT molecular complexity index is 809. The number of piperidine rings is 1. The molecule has 0 spiro atoms. The van der Waals surface area contributed by atoms with Gasteiger partial charge in [0.05, 0.1) is 0 Å². The molecule has 2 heterocycles. The van der Waals surface area contributed by atoms with Crippen molar-refractivity contribution in [3.8, 4) is 0 Å².